The Hall–Kier alpha value is -3.70. The van der Waals surface area contributed by atoms with Crippen LogP contribution >= 0.6 is 23.8 Å². The predicted molar refractivity (Wildman–Crippen MR) is 152 cm³/mol. The zero-order valence-corrected chi connectivity index (χ0v) is 22.1. The number of rotatable bonds is 14. The summed E-state index contributed by atoms with van der Waals surface area (Å²) >= 11 is 11.5. The quantitative estimate of drug-likeness (QED) is 0.126. The molecule has 0 bridgehead atoms. The first-order chi connectivity index (χ1) is 17.9. The van der Waals surface area contributed by atoms with Crippen molar-refractivity contribution in [3.8, 4) is 0 Å². The number of hydrogen-bond acceptors (Lipinski definition) is 8. The van der Waals surface area contributed by atoms with Gasteiger partial charge < -0.3 is 31.7 Å². The van der Waals surface area contributed by atoms with Crippen LogP contribution in [0.5, 0.6) is 0 Å². The van der Waals surface area contributed by atoms with Crippen molar-refractivity contribution in [3.63, 3.8) is 0 Å². The van der Waals surface area contributed by atoms with Gasteiger partial charge in [0.2, 0.25) is 17.8 Å². The Labute approximate surface area is 226 Å². The molecule has 0 saturated carbocycles. The molecule has 3 aromatic rings. The maximum Gasteiger partial charge on any atom is 0.305 e. The average molecular weight is 543 g/mol. The highest BCUT2D eigenvalue weighted by atomic mass is 35.5. The number of carboxylic acids is 1. The van der Waals surface area contributed by atoms with E-state index in [2.05, 4.69) is 60.6 Å². The van der Waals surface area contributed by atoms with Crippen LogP contribution in [0.25, 0.3) is 0 Å². The average Bonchev–Trinajstić information content (AvgIpc) is 2.88. The number of nitrogens with zero attached hydrogens (tertiary/aromatic N) is 3. The van der Waals surface area contributed by atoms with E-state index in [9.17, 15) is 4.79 Å². The van der Waals surface area contributed by atoms with Gasteiger partial charge in [-0.1, -0.05) is 61.0 Å². The molecule has 6 N–H and O–H groups in total. The minimum Gasteiger partial charge on any atom is -0.481 e. The summed E-state index contributed by atoms with van der Waals surface area (Å²) in [5, 5.41) is 25.4. The first-order valence-corrected chi connectivity index (χ1v) is 12.8. The third kappa shape index (κ3) is 9.70. The van der Waals surface area contributed by atoms with Crippen molar-refractivity contribution < 1.29 is 9.90 Å². The van der Waals surface area contributed by atoms with Crippen LogP contribution in [0, 0.1) is 0 Å². The molecule has 0 aliphatic carbocycles. The number of halogens is 1. The molecule has 0 spiro atoms. The fourth-order valence-corrected chi connectivity index (χ4v) is 3.74. The van der Waals surface area contributed by atoms with E-state index in [4.69, 9.17) is 28.9 Å². The molecule has 0 saturated heterocycles. The molecule has 0 aliphatic heterocycles. The van der Waals surface area contributed by atoms with Gasteiger partial charge in [0.05, 0.1) is 23.2 Å². The van der Waals surface area contributed by atoms with E-state index < -0.39 is 5.97 Å². The molecule has 12 heteroatoms. The zero-order chi connectivity index (χ0) is 26.5. The Kier molecular flexibility index (Phi) is 11.1. The molecule has 1 atom stereocenters. The molecule has 1 heterocycles. The maximum absolute atomic E-state index is 10.6. The summed E-state index contributed by atoms with van der Waals surface area (Å²) in [4.78, 5) is 24.2. The molecule has 10 nitrogen and oxygen atoms in total. The number of carbonyl (C=O) groups is 1. The Morgan fingerprint density at radius 3 is 2.35 bits per heavy atom. The second-order valence-electron chi connectivity index (χ2n) is 8.03. The zero-order valence-electron chi connectivity index (χ0n) is 20.5. The minimum atomic E-state index is -0.872. The molecule has 37 heavy (non-hydrogen) atoms. The number of nitrogens with one attached hydrogen (secondary N) is 5. The first kappa shape index (κ1) is 27.9. The van der Waals surface area contributed by atoms with Gasteiger partial charge in [-0.25, -0.2) is 0 Å². The highest BCUT2D eigenvalue weighted by Gasteiger charge is 2.14. The molecular weight excluding hydrogens is 512 g/mol. The van der Waals surface area contributed by atoms with Crippen molar-refractivity contribution in [2.45, 2.75) is 32.2 Å². The van der Waals surface area contributed by atoms with Gasteiger partial charge in [0.1, 0.15) is 0 Å². The van der Waals surface area contributed by atoms with Crippen LogP contribution in [-0.2, 0) is 4.79 Å². The third-order valence-electron chi connectivity index (χ3n) is 5.22. The number of aliphatic carboxylic acids is 1. The van der Waals surface area contributed by atoms with E-state index in [1.165, 1.54) is 0 Å². The standard InChI is InChI=1S/C25H31ClN8O2S/c1-2-19(17-9-4-3-5-10-17)30-23-32-22(27-14-8-15-28-25(37)29-16-13-21(35)36)33-24(34-23)31-20-12-7-6-11-18(20)26/h3-7,9-12,19H,2,8,13-16H2,1H3,(H,35,36)(H2,28,29,37)(H3,27,30,31,32,33,34)/t19-/m0/s1. The maximum atomic E-state index is 10.6. The molecule has 1 aromatic heterocycles. The SMILES string of the molecule is CC[C@H](Nc1nc(NCCCNC(=S)NCCC(=O)O)nc(Nc2ccccc2Cl)n1)c1ccccc1. The smallest absolute Gasteiger partial charge is 0.305 e. The number of thiocarbonyl (C=S) groups is 1. The van der Waals surface area contributed by atoms with Crippen LogP contribution in [0.4, 0.5) is 23.5 Å². The Morgan fingerprint density at radius 1 is 0.946 bits per heavy atom. The van der Waals surface area contributed by atoms with Gasteiger partial charge >= 0.3 is 5.97 Å². The largest absolute Gasteiger partial charge is 0.481 e. The highest BCUT2D eigenvalue weighted by molar-refractivity contribution is 7.80. The number of carboxylic acid groups (broad SMARTS) is 1. The molecule has 0 amide bonds. The van der Waals surface area contributed by atoms with Gasteiger partial charge in [0.25, 0.3) is 0 Å². The van der Waals surface area contributed by atoms with E-state index >= 15 is 0 Å². The Balaban J connectivity index is 1.64. The normalized spacial score (nSPS) is 11.3. The second kappa shape index (κ2) is 14.8. The van der Waals surface area contributed by atoms with Crippen LogP contribution in [0.3, 0.4) is 0 Å². The van der Waals surface area contributed by atoms with Crippen molar-refractivity contribution in [1.82, 2.24) is 25.6 Å². The summed E-state index contributed by atoms with van der Waals surface area (Å²) < 4.78 is 0. The lowest BCUT2D eigenvalue weighted by Crippen LogP contribution is -2.37. The summed E-state index contributed by atoms with van der Waals surface area (Å²) in [5.74, 6) is 0.336. The van der Waals surface area contributed by atoms with E-state index in [1.54, 1.807) is 6.07 Å². The van der Waals surface area contributed by atoms with Crippen LogP contribution in [0.15, 0.2) is 54.6 Å². The monoisotopic (exact) mass is 542 g/mol. The van der Waals surface area contributed by atoms with Gasteiger partial charge in [0, 0.05) is 19.6 Å². The number of para-hydroxylation sites is 1. The number of anilines is 4. The lowest BCUT2D eigenvalue weighted by Gasteiger charge is -2.18. The predicted octanol–water partition coefficient (Wildman–Crippen LogP) is 4.57. The summed E-state index contributed by atoms with van der Waals surface area (Å²) in [6, 6.07) is 17.5. The Morgan fingerprint density at radius 2 is 1.62 bits per heavy atom. The molecule has 0 fully saturated rings. The van der Waals surface area contributed by atoms with Gasteiger partial charge in [-0.2, -0.15) is 15.0 Å². The van der Waals surface area contributed by atoms with Gasteiger partial charge in [-0.15, -0.1) is 0 Å². The lowest BCUT2D eigenvalue weighted by molar-refractivity contribution is -0.136. The van der Waals surface area contributed by atoms with Gasteiger partial charge in [0.15, 0.2) is 5.11 Å². The van der Waals surface area contributed by atoms with Crippen molar-refractivity contribution in [2.24, 2.45) is 0 Å². The third-order valence-corrected chi connectivity index (χ3v) is 5.83. The minimum absolute atomic E-state index is 0.00679. The molecular formula is C25H31ClN8O2S. The second-order valence-corrected chi connectivity index (χ2v) is 8.85. The Bertz CT molecular complexity index is 1170. The van der Waals surface area contributed by atoms with Crippen LogP contribution in [-0.4, -0.2) is 50.8 Å². The first-order valence-electron chi connectivity index (χ1n) is 12.0. The lowest BCUT2D eigenvalue weighted by atomic mass is 10.1. The van der Waals surface area contributed by atoms with E-state index in [0.717, 1.165) is 18.4 Å². The van der Waals surface area contributed by atoms with Gasteiger partial charge in [-0.3, -0.25) is 4.79 Å². The molecule has 2 aromatic carbocycles. The molecule has 0 aliphatic rings. The topological polar surface area (TPSA) is 136 Å². The van der Waals surface area contributed by atoms with E-state index in [1.807, 2.05) is 36.4 Å². The van der Waals surface area contributed by atoms with Crippen molar-refractivity contribution in [3.05, 3.63) is 65.2 Å². The van der Waals surface area contributed by atoms with Crippen LogP contribution in [0.2, 0.25) is 5.02 Å². The van der Waals surface area contributed by atoms with Gasteiger partial charge in [-0.05, 0) is 42.8 Å². The summed E-state index contributed by atoms with van der Waals surface area (Å²) in [6.45, 7) is 3.55. The van der Waals surface area contributed by atoms with Crippen molar-refractivity contribution in [1.29, 1.82) is 0 Å². The van der Waals surface area contributed by atoms with Crippen molar-refractivity contribution >= 4 is 58.4 Å². The summed E-state index contributed by atoms with van der Waals surface area (Å²) in [7, 11) is 0. The fourth-order valence-electron chi connectivity index (χ4n) is 3.36. The molecule has 196 valence electrons. The van der Waals surface area contributed by atoms with Crippen LogP contribution < -0.4 is 26.6 Å². The molecule has 3 rings (SSSR count). The number of benzene rings is 2. The summed E-state index contributed by atoms with van der Waals surface area (Å²) in [6.07, 6.45) is 1.58. The highest BCUT2D eigenvalue weighted by Crippen LogP contribution is 2.25. The van der Waals surface area contributed by atoms with E-state index in [0.29, 0.717) is 46.8 Å². The van der Waals surface area contributed by atoms with E-state index in [-0.39, 0.29) is 19.0 Å². The fraction of sp³-hybridized carbons (Fsp3) is 0.320. The van der Waals surface area contributed by atoms with Crippen molar-refractivity contribution in [2.75, 3.05) is 35.6 Å². The molecule has 0 radical (unpaired) electrons. The van der Waals surface area contributed by atoms with Crippen LogP contribution in [0.1, 0.15) is 37.8 Å². The summed E-state index contributed by atoms with van der Waals surface area (Å²) in [5.41, 5.74) is 1.83. The number of hydrogen-bond donors (Lipinski definition) is 6. The molecule has 0 unspecified atom stereocenters. The number of aromatic nitrogens is 3.